The molecule has 2 aromatic heterocycles. The van der Waals surface area contributed by atoms with Crippen LogP contribution >= 0.6 is 22.9 Å². The summed E-state index contributed by atoms with van der Waals surface area (Å²) >= 11 is 7.08. The standard InChI is InChI=1S/C20H13ClF3N5O3S/c1-28(13-5-2-11(21)3-6-13)19(31)26-12-4-7-14-16(8-12)29(32-18(30)20(22,23)24)17(27-14)15-9-33-10-25-15/h2-10H,1H3,(H,26,31)/p+1. The minimum absolute atomic E-state index is 0.0330. The molecule has 0 aliphatic rings. The fraction of sp³-hybridized carbons (Fsp3) is 0.100. The van der Waals surface area contributed by atoms with E-state index in [0.29, 0.717) is 21.0 Å². The molecule has 170 valence electrons. The van der Waals surface area contributed by atoms with Crippen LogP contribution in [0.2, 0.25) is 5.02 Å². The van der Waals surface area contributed by atoms with Gasteiger partial charge in [-0.1, -0.05) is 11.6 Å². The molecule has 0 saturated carbocycles. The molecule has 4 aromatic rings. The number of anilines is 2. The molecule has 0 saturated heterocycles. The number of halogens is 4. The van der Waals surface area contributed by atoms with E-state index < -0.39 is 18.2 Å². The third-order valence-corrected chi connectivity index (χ3v) is 5.36. The van der Waals surface area contributed by atoms with Gasteiger partial charge in [-0.05, 0) is 41.1 Å². The molecule has 2 aromatic carbocycles. The van der Waals surface area contributed by atoms with Gasteiger partial charge in [0.25, 0.3) is 0 Å². The Labute approximate surface area is 193 Å². The molecule has 0 radical (unpaired) electrons. The lowest BCUT2D eigenvalue weighted by molar-refractivity contribution is -0.841. The summed E-state index contributed by atoms with van der Waals surface area (Å²) in [5.74, 6) is -2.37. The first-order valence-electron chi connectivity index (χ1n) is 9.19. The molecule has 4 rings (SSSR count). The molecule has 0 bridgehead atoms. The first-order valence-corrected chi connectivity index (χ1v) is 10.5. The van der Waals surface area contributed by atoms with Crippen LogP contribution in [-0.4, -0.2) is 35.2 Å². The summed E-state index contributed by atoms with van der Waals surface area (Å²) in [4.78, 5) is 37.1. The summed E-state index contributed by atoms with van der Waals surface area (Å²) in [7, 11) is 1.54. The van der Waals surface area contributed by atoms with Gasteiger partial charge in [0.1, 0.15) is 0 Å². The van der Waals surface area contributed by atoms with E-state index in [1.165, 1.54) is 33.9 Å². The second-order valence-electron chi connectivity index (χ2n) is 6.72. The molecule has 8 nitrogen and oxygen atoms in total. The first kappa shape index (κ1) is 22.6. The summed E-state index contributed by atoms with van der Waals surface area (Å²) < 4.78 is 39.3. The van der Waals surface area contributed by atoms with Crippen LogP contribution in [0.1, 0.15) is 0 Å². The van der Waals surface area contributed by atoms with E-state index in [-0.39, 0.29) is 22.7 Å². The van der Waals surface area contributed by atoms with Crippen LogP contribution in [0.3, 0.4) is 0 Å². The average Bonchev–Trinajstić information content (AvgIpc) is 3.41. The molecule has 33 heavy (non-hydrogen) atoms. The van der Waals surface area contributed by atoms with Crippen molar-refractivity contribution in [1.82, 2.24) is 9.97 Å². The zero-order chi connectivity index (χ0) is 23.8. The van der Waals surface area contributed by atoms with Gasteiger partial charge in [-0.2, -0.15) is 13.2 Å². The van der Waals surface area contributed by atoms with Gasteiger partial charge in [0.05, 0.1) is 5.51 Å². The number of amides is 2. The van der Waals surface area contributed by atoms with Gasteiger partial charge in [0.15, 0.2) is 11.2 Å². The number of fused-ring (bicyclic) bond motifs is 1. The Morgan fingerprint density at radius 3 is 2.58 bits per heavy atom. The van der Waals surface area contributed by atoms with Gasteiger partial charge in [-0.15, -0.1) is 11.3 Å². The molecule has 2 amide bonds. The minimum Gasteiger partial charge on any atom is -0.307 e. The Morgan fingerprint density at radius 2 is 1.94 bits per heavy atom. The maximum Gasteiger partial charge on any atom is 0.495 e. The number of carbonyl (C=O) groups is 2. The lowest BCUT2D eigenvalue weighted by Gasteiger charge is -2.18. The van der Waals surface area contributed by atoms with Crippen molar-refractivity contribution >= 4 is 57.3 Å². The number of hydrogen-bond acceptors (Lipinski definition) is 5. The van der Waals surface area contributed by atoms with Crippen molar-refractivity contribution in [1.29, 1.82) is 0 Å². The molecular formula is C20H14ClF3N5O3S+. The predicted molar refractivity (Wildman–Crippen MR) is 116 cm³/mol. The molecule has 0 aliphatic carbocycles. The number of nitrogens with one attached hydrogen (secondary N) is 2. The normalized spacial score (nSPS) is 11.4. The van der Waals surface area contributed by atoms with Gasteiger partial charge in [-0.25, -0.2) is 24.4 Å². The SMILES string of the molecule is CN(C(=O)Nc1ccc2[nH]c(-c3cscn3)[n+](OC(=O)C(F)(F)F)c2c1)c1ccc(Cl)cc1. The number of benzene rings is 2. The van der Waals surface area contributed by atoms with E-state index in [9.17, 15) is 22.8 Å². The topological polar surface area (TPSA) is 91.2 Å². The van der Waals surface area contributed by atoms with Crippen molar-refractivity contribution in [3.63, 3.8) is 0 Å². The van der Waals surface area contributed by atoms with Gasteiger partial charge in [0.2, 0.25) is 5.52 Å². The Balaban J connectivity index is 1.68. The number of carbonyl (C=O) groups excluding carboxylic acids is 2. The maximum atomic E-state index is 12.9. The quantitative estimate of drug-likeness (QED) is 0.409. The van der Waals surface area contributed by atoms with Crippen LogP contribution in [0.4, 0.5) is 29.3 Å². The fourth-order valence-electron chi connectivity index (χ4n) is 2.90. The maximum absolute atomic E-state index is 12.9. The Morgan fingerprint density at radius 1 is 1.21 bits per heavy atom. The monoisotopic (exact) mass is 496 g/mol. The molecule has 0 unspecified atom stereocenters. The van der Waals surface area contributed by atoms with Crippen molar-refractivity contribution in [2.45, 2.75) is 6.18 Å². The van der Waals surface area contributed by atoms with Crippen LogP contribution in [-0.2, 0) is 4.79 Å². The summed E-state index contributed by atoms with van der Waals surface area (Å²) in [5.41, 5.74) is 3.03. The molecule has 2 N–H and O–H groups in total. The van der Waals surface area contributed by atoms with Gasteiger partial charge in [0, 0.05) is 34.9 Å². The van der Waals surface area contributed by atoms with Crippen LogP contribution in [0.15, 0.2) is 53.4 Å². The second-order valence-corrected chi connectivity index (χ2v) is 7.87. The number of H-pyrrole nitrogens is 1. The van der Waals surface area contributed by atoms with E-state index in [4.69, 9.17) is 11.6 Å². The zero-order valence-electron chi connectivity index (χ0n) is 16.7. The van der Waals surface area contributed by atoms with Crippen molar-refractivity contribution < 1.29 is 32.3 Å². The molecular weight excluding hydrogens is 483 g/mol. The highest BCUT2D eigenvalue weighted by atomic mass is 35.5. The Bertz CT molecular complexity index is 1320. The lowest BCUT2D eigenvalue weighted by Crippen LogP contribution is -2.51. The van der Waals surface area contributed by atoms with Crippen molar-refractivity contribution in [2.75, 3.05) is 17.3 Å². The Kier molecular flexibility index (Phi) is 5.95. The number of urea groups is 1. The smallest absolute Gasteiger partial charge is 0.307 e. The van der Waals surface area contributed by atoms with E-state index >= 15 is 0 Å². The van der Waals surface area contributed by atoms with Crippen LogP contribution < -0.4 is 19.8 Å². The number of alkyl halides is 3. The van der Waals surface area contributed by atoms with Crippen LogP contribution in [0.25, 0.3) is 22.6 Å². The third kappa shape index (κ3) is 4.76. The van der Waals surface area contributed by atoms with Crippen molar-refractivity contribution in [3.05, 3.63) is 58.4 Å². The number of thiazole rings is 1. The highest BCUT2D eigenvalue weighted by Crippen LogP contribution is 2.23. The summed E-state index contributed by atoms with van der Waals surface area (Å²) in [5, 5.41) is 4.74. The second kappa shape index (κ2) is 8.71. The third-order valence-electron chi connectivity index (χ3n) is 4.52. The molecule has 2 heterocycles. The molecule has 13 heteroatoms. The molecule has 0 fully saturated rings. The average molecular weight is 497 g/mol. The van der Waals surface area contributed by atoms with Crippen molar-refractivity contribution in [2.24, 2.45) is 0 Å². The summed E-state index contributed by atoms with van der Waals surface area (Å²) in [6.45, 7) is 0. The molecule has 0 aliphatic heterocycles. The number of imidazole rings is 1. The Hall–Kier alpha value is -3.64. The summed E-state index contributed by atoms with van der Waals surface area (Å²) in [6.07, 6.45) is -5.21. The van der Waals surface area contributed by atoms with Gasteiger partial charge < -0.3 is 5.32 Å². The van der Waals surface area contributed by atoms with Crippen molar-refractivity contribution in [3.8, 4) is 11.5 Å². The number of rotatable bonds is 4. The van der Waals surface area contributed by atoms with Gasteiger partial charge >= 0.3 is 24.0 Å². The van der Waals surface area contributed by atoms with Crippen LogP contribution in [0, 0.1) is 0 Å². The number of hydrogen-bond donors (Lipinski definition) is 2. The number of aromatic amines is 1. The fourth-order valence-corrected chi connectivity index (χ4v) is 3.56. The number of nitrogens with zero attached hydrogens (tertiary/aromatic N) is 3. The van der Waals surface area contributed by atoms with E-state index in [1.807, 2.05) is 0 Å². The summed E-state index contributed by atoms with van der Waals surface area (Å²) in [6, 6.07) is 10.5. The van der Waals surface area contributed by atoms with E-state index in [1.54, 1.807) is 42.8 Å². The van der Waals surface area contributed by atoms with Gasteiger partial charge in [-0.3, -0.25) is 4.90 Å². The first-order chi connectivity index (χ1) is 15.6. The van der Waals surface area contributed by atoms with E-state index in [0.717, 1.165) is 0 Å². The highest BCUT2D eigenvalue weighted by molar-refractivity contribution is 7.07. The number of aromatic nitrogens is 3. The lowest BCUT2D eigenvalue weighted by atomic mass is 10.2. The highest BCUT2D eigenvalue weighted by Gasteiger charge is 2.44. The molecule has 0 spiro atoms. The minimum atomic E-state index is -5.21. The van der Waals surface area contributed by atoms with Crippen LogP contribution in [0.5, 0.6) is 0 Å². The largest absolute Gasteiger partial charge is 0.495 e. The molecule has 0 atom stereocenters. The zero-order valence-corrected chi connectivity index (χ0v) is 18.3. The van der Waals surface area contributed by atoms with E-state index in [2.05, 4.69) is 20.1 Å². The predicted octanol–water partition coefficient (Wildman–Crippen LogP) is 4.42.